The quantitative estimate of drug-likeness (QED) is 0.656. The lowest BCUT2D eigenvalue weighted by molar-refractivity contribution is -0.138. The van der Waals surface area contributed by atoms with Crippen molar-refractivity contribution in [1.29, 1.82) is 0 Å². The second-order valence-electron chi connectivity index (χ2n) is 8.05. The predicted molar refractivity (Wildman–Crippen MR) is 107 cm³/mol. The van der Waals surface area contributed by atoms with Crippen LogP contribution in [0.2, 0.25) is 0 Å². The highest BCUT2D eigenvalue weighted by molar-refractivity contribution is 5.77. The number of hydrogen-bond donors (Lipinski definition) is 0. The van der Waals surface area contributed by atoms with Crippen LogP contribution < -0.4 is 4.74 Å². The summed E-state index contributed by atoms with van der Waals surface area (Å²) in [5.74, 6) is 2.43. The molecule has 3 rings (SSSR count). The number of para-hydroxylation sites is 1. The Kier molecular flexibility index (Phi) is 7.96. The number of rotatable bonds is 8. The van der Waals surface area contributed by atoms with Crippen molar-refractivity contribution in [2.45, 2.75) is 32.6 Å². The maximum Gasteiger partial charge on any atom is 0.248 e. The van der Waals surface area contributed by atoms with Crippen molar-refractivity contribution in [1.82, 2.24) is 9.80 Å². The van der Waals surface area contributed by atoms with Gasteiger partial charge in [-0.2, -0.15) is 0 Å². The van der Waals surface area contributed by atoms with E-state index in [1.165, 1.54) is 32.4 Å². The lowest BCUT2D eigenvalue weighted by Gasteiger charge is -2.37. The molecule has 2 heterocycles. The molecule has 27 heavy (non-hydrogen) atoms. The molecule has 2 saturated heterocycles. The van der Waals surface area contributed by atoms with Crippen LogP contribution in [0.1, 0.15) is 32.6 Å². The average molecular weight is 375 g/mol. The molecule has 1 unspecified atom stereocenters. The summed E-state index contributed by atoms with van der Waals surface area (Å²) in [6, 6.07) is 9.68. The van der Waals surface area contributed by atoms with Gasteiger partial charge >= 0.3 is 0 Å². The molecule has 1 atom stereocenters. The van der Waals surface area contributed by atoms with Gasteiger partial charge in [0.15, 0.2) is 0 Å². The van der Waals surface area contributed by atoms with Crippen molar-refractivity contribution in [3.63, 3.8) is 0 Å². The second kappa shape index (κ2) is 10.7. The van der Waals surface area contributed by atoms with Gasteiger partial charge in [-0.25, -0.2) is 0 Å². The molecule has 5 heteroatoms. The summed E-state index contributed by atoms with van der Waals surface area (Å²) in [5.41, 5.74) is 0. The molecule has 0 bridgehead atoms. The molecule has 0 radical (unpaired) electrons. The van der Waals surface area contributed by atoms with Crippen LogP contribution in [0.15, 0.2) is 30.3 Å². The van der Waals surface area contributed by atoms with Gasteiger partial charge in [-0.1, -0.05) is 25.1 Å². The fraction of sp³-hybridized carbons (Fsp3) is 0.682. The molecule has 0 saturated carbocycles. The minimum atomic E-state index is 0.117. The first kappa shape index (κ1) is 20.2. The van der Waals surface area contributed by atoms with Crippen LogP contribution in [0.3, 0.4) is 0 Å². The Hall–Kier alpha value is -1.59. The molecular formula is C22H34N2O3. The summed E-state index contributed by atoms with van der Waals surface area (Å²) >= 11 is 0. The number of carbonyl (C=O) groups is 1. The Labute approximate surface area is 163 Å². The molecule has 0 aliphatic carbocycles. The number of nitrogens with zero attached hydrogens (tertiary/aromatic N) is 2. The first-order valence-electron chi connectivity index (χ1n) is 10.5. The summed E-state index contributed by atoms with van der Waals surface area (Å²) in [6.45, 7) is 8.74. The van der Waals surface area contributed by atoms with Gasteiger partial charge in [0.25, 0.3) is 0 Å². The zero-order valence-corrected chi connectivity index (χ0v) is 16.6. The highest BCUT2D eigenvalue weighted by Crippen LogP contribution is 2.22. The summed E-state index contributed by atoms with van der Waals surface area (Å²) < 4.78 is 11.1. The zero-order valence-electron chi connectivity index (χ0n) is 16.6. The molecule has 0 spiro atoms. The Balaban J connectivity index is 1.31. The minimum absolute atomic E-state index is 0.117. The number of amides is 1. The van der Waals surface area contributed by atoms with Crippen LogP contribution in [0.5, 0.6) is 5.75 Å². The molecule has 2 fully saturated rings. The third-order valence-electron chi connectivity index (χ3n) is 5.73. The smallest absolute Gasteiger partial charge is 0.248 e. The fourth-order valence-corrected chi connectivity index (χ4v) is 4.04. The summed E-state index contributed by atoms with van der Waals surface area (Å²) in [4.78, 5) is 17.1. The third kappa shape index (κ3) is 6.82. The number of carbonyl (C=O) groups excluding carboxylic acids is 1. The fourth-order valence-electron chi connectivity index (χ4n) is 4.04. The van der Waals surface area contributed by atoms with Crippen molar-refractivity contribution in [2.75, 3.05) is 52.5 Å². The van der Waals surface area contributed by atoms with Gasteiger partial charge in [-0.15, -0.1) is 0 Å². The topological polar surface area (TPSA) is 42.0 Å². The van der Waals surface area contributed by atoms with Gasteiger partial charge in [0.05, 0.1) is 6.61 Å². The van der Waals surface area contributed by atoms with Crippen molar-refractivity contribution in [3.05, 3.63) is 30.3 Å². The molecule has 5 nitrogen and oxygen atoms in total. The van der Waals surface area contributed by atoms with E-state index in [0.717, 1.165) is 37.7 Å². The van der Waals surface area contributed by atoms with E-state index in [1.807, 2.05) is 35.2 Å². The molecule has 1 aromatic rings. The first-order valence-corrected chi connectivity index (χ1v) is 10.5. The van der Waals surface area contributed by atoms with Gasteiger partial charge in [0, 0.05) is 19.6 Å². The standard InChI is InChI=1S/C22H34N2O3/c1-19-9-12-23(13-10-19)16-20-6-5-11-24(17-20)22(25)18-26-14-15-27-21-7-3-2-4-8-21/h2-4,7-8,19-20H,5-6,9-18H2,1H3. The van der Waals surface area contributed by atoms with E-state index >= 15 is 0 Å². The van der Waals surface area contributed by atoms with Crippen molar-refractivity contribution in [3.8, 4) is 5.75 Å². The van der Waals surface area contributed by atoms with E-state index in [1.54, 1.807) is 0 Å². The Morgan fingerprint density at radius 1 is 1.07 bits per heavy atom. The molecule has 2 aliphatic heterocycles. The van der Waals surface area contributed by atoms with Crippen LogP contribution in [0.25, 0.3) is 0 Å². The van der Waals surface area contributed by atoms with Crippen LogP contribution in [0.4, 0.5) is 0 Å². The summed E-state index contributed by atoms with van der Waals surface area (Å²) in [7, 11) is 0. The minimum Gasteiger partial charge on any atom is -0.491 e. The van der Waals surface area contributed by atoms with E-state index in [9.17, 15) is 4.79 Å². The summed E-state index contributed by atoms with van der Waals surface area (Å²) in [6.07, 6.45) is 4.97. The molecule has 1 aromatic carbocycles. The van der Waals surface area contributed by atoms with Crippen LogP contribution in [-0.4, -0.2) is 68.3 Å². The SMILES string of the molecule is CC1CCN(CC2CCCN(C(=O)COCCOc3ccccc3)C2)CC1. The highest BCUT2D eigenvalue weighted by atomic mass is 16.5. The maximum atomic E-state index is 12.5. The monoisotopic (exact) mass is 374 g/mol. The van der Waals surface area contributed by atoms with Crippen molar-refractivity contribution < 1.29 is 14.3 Å². The van der Waals surface area contributed by atoms with Gasteiger partial charge < -0.3 is 19.3 Å². The van der Waals surface area contributed by atoms with Crippen molar-refractivity contribution in [2.24, 2.45) is 11.8 Å². The van der Waals surface area contributed by atoms with Crippen LogP contribution in [0, 0.1) is 11.8 Å². The second-order valence-corrected chi connectivity index (χ2v) is 8.05. The number of hydrogen-bond acceptors (Lipinski definition) is 4. The molecule has 150 valence electrons. The lowest BCUT2D eigenvalue weighted by Crippen LogP contribution is -2.46. The lowest BCUT2D eigenvalue weighted by atomic mass is 9.94. The van der Waals surface area contributed by atoms with Gasteiger partial charge in [-0.3, -0.25) is 4.79 Å². The van der Waals surface area contributed by atoms with Crippen LogP contribution in [-0.2, 0) is 9.53 Å². The van der Waals surface area contributed by atoms with E-state index in [-0.39, 0.29) is 12.5 Å². The summed E-state index contributed by atoms with van der Waals surface area (Å²) in [5, 5.41) is 0. The highest BCUT2D eigenvalue weighted by Gasteiger charge is 2.26. The largest absolute Gasteiger partial charge is 0.491 e. The van der Waals surface area contributed by atoms with Gasteiger partial charge in [0.2, 0.25) is 5.91 Å². The molecule has 1 amide bonds. The Morgan fingerprint density at radius 3 is 2.63 bits per heavy atom. The van der Waals surface area contributed by atoms with Gasteiger partial charge in [0.1, 0.15) is 19.0 Å². The maximum absolute atomic E-state index is 12.5. The number of piperidine rings is 2. The normalized spacial score (nSPS) is 22.0. The van der Waals surface area contributed by atoms with Gasteiger partial charge in [-0.05, 0) is 62.7 Å². The van der Waals surface area contributed by atoms with E-state index in [4.69, 9.17) is 9.47 Å². The van der Waals surface area contributed by atoms with Crippen molar-refractivity contribution >= 4 is 5.91 Å². The zero-order chi connectivity index (χ0) is 18.9. The number of benzene rings is 1. The Bertz CT molecular complexity index is 558. The number of likely N-dealkylation sites (tertiary alicyclic amines) is 2. The molecule has 0 N–H and O–H groups in total. The van der Waals surface area contributed by atoms with E-state index in [0.29, 0.717) is 19.1 Å². The predicted octanol–water partition coefficient (Wildman–Crippen LogP) is 3.05. The molecule has 0 aromatic heterocycles. The van der Waals surface area contributed by atoms with Crippen LogP contribution >= 0.6 is 0 Å². The molecule has 2 aliphatic rings. The third-order valence-corrected chi connectivity index (χ3v) is 5.73. The first-order chi connectivity index (χ1) is 13.2. The average Bonchev–Trinajstić information content (AvgIpc) is 2.70. The molecular weight excluding hydrogens is 340 g/mol. The van der Waals surface area contributed by atoms with E-state index < -0.39 is 0 Å². The Morgan fingerprint density at radius 2 is 1.85 bits per heavy atom. The van der Waals surface area contributed by atoms with E-state index in [2.05, 4.69) is 11.8 Å². The number of ether oxygens (including phenoxy) is 2.